The fraction of sp³-hybridized carbons (Fsp3) is 0.250. The molecule has 0 aliphatic rings. The van der Waals surface area contributed by atoms with E-state index in [0.29, 0.717) is 23.0 Å². The predicted octanol–water partition coefficient (Wildman–Crippen LogP) is 4.39. The molecular weight excluding hydrogens is 345 g/mol. The number of benzene rings is 2. The normalized spacial score (nSPS) is 11.4. The Bertz CT molecular complexity index is 789. The molecule has 0 bridgehead atoms. The summed E-state index contributed by atoms with van der Waals surface area (Å²) in [6, 6.07) is 12.2. The van der Waals surface area contributed by atoms with Crippen LogP contribution in [0.3, 0.4) is 0 Å². The van der Waals surface area contributed by atoms with Crippen LogP contribution in [-0.2, 0) is 0 Å². The lowest BCUT2D eigenvalue weighted by Gasteiger charge is -2.16. The molecule has 144 valence electrons. The zero-order valence-corrected chi connectivity index (χ0v) is 15.6. The first-order chi connectivity index (χ1) is 12.8. The molecule has 0 saturated heterocycles. The minimum atomic E-state index is -0.462. The summed E-state index contributed by atoms with van der Waals surface area (Å²) < 4.78 is 13.1. The van der Waals surface area contributed by atoms with Gasteiger partial charge in [-0.2, -0.15) is 0 Å². The molecule has 0 aliphatic carbocycles. The van der Waals surface area contributed by atoms with Crippen LogP contribution in [0.25, 0.3) is 0 Å². The molecule has 0 unspecified atom stereocenters. The van der Waals surface area contributed by atoms with Crippen molar-refractivity contribution in [2.45, 2.75) is 26.7 Å². The third-order valence-electron chi connectivity index (χ3n) is 3.82. The second-order valence-electron chi connectivity index (χ2n) is 6.68. The van der Waals surface area contributed by atoms with Crippen molar-refractivity contribution in [1.82, 2.24) is 0 Å². The first-order valence-electron chi connectivity index (χ1n) is 8.77. The van der Waals surface area contributed by atoms with E-state index in [-0.39, 0.29) is 0 Å². The molecule has 0 saturated carbocycles. The Kier molecular flexibility index (Phi) is 7.19. The number of hydrogen-bond acceptors (Lipinski definition) is 4. The van der Waals surface area contributed by atoms with Crippen LogP contribution < -0.4 is 27.2 Å². The highest BCUT2D eigenvalue weighted by Gasteiger charge is 2.05. The largest absolute Gasteiger partial charge is 0.401 e. The highest BCUT2D eigenvalue weighted by atomic mass is 19.1. The fourth-order valence-corrected chi connectivity index (χ4v) is 2.35. The Hall–Kier alpha value is -3.06. The van der Waals surface area contributed by atoms with Gasteiger partial charge in [0.15, 0.2) is 0 Å². The van der Waals surface area contributed by atoms with Gasteiger partial charge in [0.1, 0.15) is 5.82 Å². The summed E-state index contributed by atoms with van der Waals surface area (Å²) in [6.45, 7) is 4.29. The number of halogens is 1. The standard InChI is InChI=1S/C20H26FN5O/c1-14(2)6-7-16(22)13-26(23)19-10-8-17(9-11-19)24-20(27)25-18-5-3-4-15(21)12-18/h3-5,8-14H,6-7,22-23H2,1-2H3,(H2,24,25,27)/b16-13-. The van der Waals surface area contributed by atoms with Crippen LogP contribution in [0.1, 0.15) is 26.7 Å². The zero-order valence-electron chi connectivity index (χ0n) is 15.6. The van der Waals surface area contributed by atoms with Gasteiger partial charge in [0.25, 0.3) is 0 Å². The second kappa shape index (κ2) is 9.59. The molecular formula is C20H26FN5O. The first-order valence-corrected chi connectivity index (χ1v) is 8.77. The molecule has 2 aromatic rings. The minimum absolute atomic E-state index is 0.374. The summed E-state index contributed by atoms with van der Waals surface area (Å²) >= 11 is 0. The van der Waals surface area contributed by atoms with E-state index < -0.39 is 11.8 Å². The lowest BCUT2D eigenvalue weighted by molar-refractivity contribution is 0.262. The van der Waals surface area contributed by atoms with Crippen molar-refractivity contribution in [3.8, 4) is 0 Å². The lowest BCUT2D eigenvalue weighted by Crippen LogP contribution is -2.26. The van der Waals surface area contributed by atoms with Crippen molar-refractivity contribution >= 4 is 23.1 Å². The molecule has 0 radical (unpaired) electrons. The van der Waals surface area contributed by atoms with Gasteiger partial charge in [-0.05, 0) is 61.2 Å². The monoisotopic (exact) mass is 371 g/mol. The molecule has 7 heteroatoms. The van der Waals surface area contributed by atoms with Crippen molar-refractivity contribution in [1.29, 1.82) is 0 Å². The number of carbonyl (C=O) groups excluding carboxylic acids is 1. The maximum absolute atomic E-state index is 13.1. The predicted molar refractivity (Wildman–Crippen MR) is 108 cm³/mol. The van der Waals surface area contributed by atoms with E-state index in [0.717, 1.165) is 18.5 Å². The van der Waals surface area contributed by atoms with Gasteiger partial charge in [-0.1, -0.05) is 19.9 Å². The number of carbonyl (C=O) groups is 1. The van der Waals surface area contributed by atoms with Gasteiger partial charge in [-0.15, -0.1) is 0 Å². The molecule has 0 aliphatic heterocycles. The number of hydrazine groups is 1. The Balaban J connectivity index is 1.92. The number of nitrogens with one attached hydrogen (secondary N) is 2. The van der Waals surface area contributed by atoms with Crippen LogP contribution in [-0.4, -0.2) is 6.03 Å². The molecule has 2 aromatic carbocycles. The van der Waals surface area contributed by atoms with Crippen LogP contribution in [0.5, 0.6) is 0 Å². The van der Waals surface area contributed by atoms with Gasteiger partial charge >= 0.3 is 6.03 Å². The van der Waals surface area contributed by atoms with E-state index in [1.807, 2.05) is 0 Å². The van der Waals surface area contributed by atoms with Gasteiger partial charge in [0, 0.05) is 23.3 Å². The maximum Gasteiger partial charge on any atom is 0.323 e. The summed E-state index contributed by atoms with van der Waals surface area (Å²) in [6.07, 6.45) is 3.48. The van der Waals surface area contributed by atoms with Gasteiger partial charge in [-0.25, -0.2) is 15.0 Å². The SMILES string of the molecule is CC(C)CC/C(N)=C/N(N)c1ccc(NC(=O)Nc2cccc(F)c2)cc1. The van der Waals surface area contributed by atoms with Crippen molar-refractivity contribution < 1.29 is 9.18 Å². The van der Waals surface area contributed by atoms with Crippen molar-refractivity contribution in [2.75, 3.05) is 15.6 Å². The summed E-state index contributed by atoms with van der Waals surface area (Å²) in [5.74, 6) is 6.17. The highest BCUT2D eigenvalue weighted by molar-refractivity contribution is 5.99. The first kappa shape index (κ1) is 20.3. The Morgan fingerprint density at radius 3 is 2.44 bits per heavy atom. The Morgan fingerprint density at radius 1 is 1.15 bits per heavy atom. The molecule has 0 fully saturated rings. The third kappa shape index (κ3) is 6.99. The number of amides is 2. The summed E-state index contributed by atoms with van der Waals surface area (Å²) in [5, 5.41) is 6.69. The van der Waals surface area contributed by atoms with Crippen molar-refractivity contribution in [3.63, 3.8) is 0 Å². The van der Waals surface area contributed by atoms with Gasteiger partial charge in [-0.3, -0.25) is 5.01 Å². The van der Waals surface area contributed by atoms with E-state index in [2.05, 4.69) is 24.5 Å². The maximum atomic E-state index is 13.1. The average Bonchev–Trinajstić information content (AvgIpc) is 2.60. The van der Waals surface area contributed by atoms with Crippen LogP contribution in [0.2, 0.25) is 0 Å². The molecule has 2 amide bonds. The Morgan fingerprint density at radius 2 is 1.81 bits per heavy atom. The van der Waals surface area contributed by atoms with Gasteiger partial charge in [0.2, 0.25) is 0 Å². The molecule has 0 atom stereocenters. The van der Waals surface area contributed by atoms with Gasteiger partial charge in [0.05, 0.1) is 5.69 Å². The molecule has 0 spiro atoms. The van der Waals surface area contributed by atoms with E-state index >= 15 is 0 Å². The lowest BCUT2D eigenvalue weighted by atomic mass is 10.1. The smallest absolute Gasteiger partial charge is 0.323 e. The number of hydrogen-bond donors (Lipinski definition) is 4. The number of nitrogens with zero attached hydrogens (tertiary/aromatic N) is 1. The quantitative estimate of drug-likeness (QED) is 0.429. The van der Waals surface area contributed by atoms with Crippen molar-refractivity contribution in [3.05, 3.63) is 66.2 Å². The molecule has 2 rings (SSSR count). The van der Waals surface area contributed by atoms with Crippen LogP contribution >= 0.6 is 0 Å². The van der Waals surface area contributed by atoms with E-state index in [4.69, 9.17) is 11.6 Å². The number of allylic oxidation sites excluding steroid dienone is 1. The number of rotatable bonds is 7. The number of anilines is 3. The number of nitrogens with two attached hydrogens (primary N) is 2. The molecule has 0 aromatic heterocycles. The molecule has 6 N–H and O–H groups in total. The topological polar surface area (TPSA) is 96.4 Å². The summed E-state index contributed by atoms with van der Waals surface area (Å²) in [7, 11) is 0. The zero-order chi connectivity index (χ0) is 19.8. The van der Waals surface area contributed by atoms with Crippen LogP contribution in [0, 0.1) is 11.7 Å². The van der Waals surface area contributed by atoms with Crippen LogP contribution in [0.4, 0.5) is 26.2 Å². The molecule has 0 heterocycles. The summed E-state index contributed by atoms with van der Waals surface area (Å²) in [5.41, 5.74) is 8.39. The fourth-order valence-electron chi connectivity index (χ4n) is 2.35. The van der Waals surface area contributed by atoms with E-state index in [1.165, 1.54) is 23.2 Å². The second-order valence-corrected chi connectivity index (χ2v) is 6.68. The van der Waals surface area contributed by atoms with Crippen LogP contribution in [0.15, 0.2) is 60.4 Å². The van der Waals surface area contributed by atoms with Crippen molar-refractivity contribution in [2.24, 2.45) is 17.5 Å². The van der Waals surface area contributed by atoms with E-state index in [1.54, 1.807) is 36.5 Å². The minimum Gasteiger partial charge on any atom is -0.401 e. The highest BCUT2D eigenvalue weighted by Crippen LogP contribution is 2.18. The average molecular weight is 371 g/mol. The Labute approximate surface area is 159 Å². The number of urea groups is 1. The third-order valence-corrected chi connectivity index (χ3v) is 3.82. The van der Waals surface area contributed by atoms with E-state index in [9.17, 15) is 9.18 Å². The van der Waals surface area contributed by atoms with Gasteiger partial charge < -0.3 is 16.4 Å². The molecule has 27 heavy (non-hydrogen) atoms. The molecule has 6 nitrogen and oxygen atoms in total. The summed E-state index contributed by atoms with van der Waals surface area (Å²) in [4.78, 5) is 12.0.